The third-order valence-corrected chi connectivity index (χ3v) is 5.65. The monoisotopic (exact) mass is 316 g/mol. The molecule has 116 valence electrons. The van der Waals surface area contributed by atoms with Crippen molar-refractivity contribution in [1.29, 1.82) is 0 Å². The van der Waals surface area contributed by atoms with Crippen molar-refractivity contribution < 1.29 is 18.3 Å². The number of aliphatic hydroxyl groups excluding tert-OH is 1. The molecule has 1 N–H and O–H groups in total. The molecule has 2 aliphatic rings. The SMILES string of the molecule is OC(CC1CC2CCC1C2)c1ccc(SC(F)(F)F)cc1. The number of fused-ring (bicyclic) bond motifs is 2. The van der Waals surface area contributed by atoms with Crippen LogP contribution in [-0.2, 0) is 0 Å². The Bertz CT molecular complexity index is 485. The van der Waals surface area contributed by atoms with Crippen LogP contribution in [0.2, 0.25) is 0 Å². The molecule has 2 bridgehead atoms. The van der Waals surface area contributed by atoms with E-state index in [1.807, 2.05) is 0 Å². The second kappa shape index (κ2) is 5.84. The Labute approximate surface area is 126 Å². The molecule has 4 atom stereocenters. The summed E-state index contributed by atoms with van der Waals surface area (Å²) >= 11 is -0.118. The van der Waals surface area contributed by atoms with Gasteiger partial charge in [0.1, 0.15) is 0 Å². The highest BCUT2D eigenvalue weighted by atomic mass is 32.2. The van der Waals surface area contributed by atoms with Gasteiger partial charge in [0, 0.05) is 4.90 Å². The summed E-state index contributed by atoms with van der Waals surface area (Å²) < 4.78 is 36.8. The lowest BCUT2D eigenvalue weighted by molar-refractivity contribution is -0.0328. The lowest BCUT2D eigenvalue weighted by atomic mass is 9.83. The quantitative estimate of drug-likeness (QED) is 0.774. The molecule has 0 heterocycles. The number of thioether (sulfide) groups is 1. The number of halogens is 3. The molecule has 0 spiro atoms. The number of benzene rings is 1. The molecule has 3 rings (SSSR count). The zero-order valence-corrected chi connectivity index (χ0v) is 12.5. The van der Waals surface area contributed by atoms with Crippen molar-refractivity contribution in [1.82, 2.24) is 0 Å². The number of rotatable bonds is 4. The summed E-state index contributed by atoms with van der Waals surface area (Å²) in [5, 5.41) is 10.3. The van der Waals surface area contributed by atoms with Crippen molar-refractivity contribution in [3.63, 3.8) is 0 Å². The molecule has 4 unspecified atom stereocenters. The highest BCUT2D eigenvalue weighted by molar-refractivity contribution is 8.00. The minimum Gasteiger partial charge on any atom is -0.388 e. The number of alkyl halides is 3. The molecule has 5 heteroatoms. The lowest BCUT2D eigenvalue weighted by Gasteiger charge is -2.24. The van der Waals surface area contributed by atoms with E-state index < -0.39 is 11.6 Å². The summed E-state index contributed by atoms with van der Waals surface area (Å²) in [5.41, 5.74) is -3.53. The average Bonchev–Trinajstić information content (AvgIpc) is 3.00. The van der Waals surface area contributed by atoms with Gasteiger partial charge < -0.3 is 5.11 Å². The molecule has 2 fully saturated rings. The summed E-state index contributed by atoms with van der Waals surface area (Å²) in [6, 6.07) is 6.12. The van der Waals surface area contributed by atoms with Crippen LogP contribution < -0.4 is 0 Å². The van der Waals surface area contributed by atoms with Gasteiger partial charge in [0.05, 0.1) is 6.10 Å². The van der Waals surface area contributed by atoms with E-state index in [0.29, 0.717) is 5.92 Å². The van der Waals surface area contributed by atoms with Gasteiger partial charge in [-0.2, -0.15) is 13.2 Å². The molecule has 0 aromatic heterocycles. The zero-order valence-electron chi connectivity index (χ0n) is 11.6. The van der Waals surface area contributed by atoms with Crippen LogP contribution in [0.4, 0.5) is 13.2 Å². The lowest BCUT2D eigenvalue weighted by Crippen LogP contribution is -2.14. The fourth-order valence-corrected chi connectivity index (χ4v) is 4.52. The molecule has 1 nitrogen and oxygen atoms in total. The van der Waals surface area contributed by atoms with Gasteiger partial charge in [-0.25, -0.2) is 0 Å². The van der Waals surface area contributed by atoms with E-state index in [4.69, 9.17) is 0 Å². The van der Waals surface area contributed by atoms with Gasteiger partial charge in [-0.05, 0) is 72.9 Å². The molecule has 1 aromatic rings. The van der Waals surface area contributed by atoms with E-state index in [1.54, 1.807) is 12.1 Å². The van der Waals surface area contributed by atoms with E-state index in [1.165, 1.54) is 37.8 Å². The van der Waals surface area contributed by atoms with Crippen molar-refractivity contribution >= 4 is 11.8 Å². The van der Waals surface area contributed by atoms with E-state index >= 15 is 0 Å². The zero-order chi connectivity index (χ0) is 15.0. The van der Waals surface area contributed by atoms with Crippen molar-refractivity contribution in [3.05, 3.63) is 29.8 Å². The van der Waals surface area contributed by atoms with Gasteiger partial charge in [-0.1, -0.05) is 18.6 Å². The Hall–Kier alpha value is -0.680. The second-order valence-electron chi connectivity index (χ2n) is 6.30. The summed E-state index contributed by atoms with van der Waals surface area (Å²) in [6.07, 6.45) is 5.32. The average molecular weight is 316 g/mol. The standard InChI is InChI=1S/C16H19F3OS/c17-16(18,19)21-14-5-3-11(4-6-14)15(20)9-13-8-10-1-2-12(13)7-10/h3-6,10,12-13,15,20H,1-2,7-9H2. The van der Waals surface area contributed by atoms with Gasteiger partial charge in [0.25, 0.3) is 0 Å². The summed E-state index contributed by atoms with van der Waals surface area (Å²) in [5.74, 6) is 2.19. The Morgan fingerprint density at radius 3 is 2.38 bits per heavy atom. The predicted molar refractivity (Wildman–Crippen MR) is 76.9 cm³/mol. The van der Waals surface area contributed by atoms with Gasteiger partial charge in [0.2, 0.25) is 0 Å². The van der Waals surface area contributed by atoms with E-state index in [-0.39, 0.29) is 16.7 Å². The van der Waals surface area contributed by atoms with E-state index in [2.05, 4.69) is 0 Å². The van der Waals surface area contributed by atoms with E-state index in [9.17, 15) is 18.3 Å². The summed E-state index contributed by atoms with van der Waals surface area (Å²) in [4.78, 5) is 0.165. The first-order valence-corrected chi connectivity index (χ1v) is 8.26. The third kappa shape index (κ3) is 3.75. The molecule has 2 aliphatic carbocycles. The molecule has 0 saturated heterocycles. The number of hydrogen-bond donors (Lipinski definition) is 1. The van der Waals surface area contributed by atoms with Gasteiger partial charge in [0.15, 0.2) is 0 Å². The molecule has 0 amide bonds. The predicted octanol–water partition coefficient (Wildman–Crippen LogP) is 5.16. The molecule has 0 radical (unpaired) electrons. The largest absolute Gasteiger partial charge is 0.446 e. The Kier molecular flexibility index (Phi) is 4.23. The fourth-order valence-electron chi connectivity index (χ4n) is 3.98. The van der Waals surface area contributed by atoms with Gasteiger partial charge in [-0.3, -0.25) is 0 Å². The Balaban J connectivity index is 1.58. The number of hydrogen-bond acceptors (Lipinski definition) is 2. The molecular formula is C16H19F3OS. The molecule has 21 heavy (non-hydrogen) atoms. The second-order valence-corrected chi connectivity index (χ2v) is 7.44. The first-order valence-electron chi connectivity index (χ1n) is 7.44. The molecular weight excluding hydrogens is 297 g/mol. The van der Waals surface area contributed by atoms with Crippen LogP contribution in [-0.4, -0.2) is 10.6 Å². The third-order valence-electron chi connectivity index (χ3n) is 4.91. The van der Waals surface area contributed by atoms with Crippen molar-refractivity contribution in [3.8, 4) is 0 Å². The van der Waals surface area contributed by atoms with Crippen LogP contribution in [0.3, 0.4) is 0 Å². The molecule has 2 saturated carbocycles. The number of aliphatic hydroxyl groups is 1. The topological polar surface area (TPSA) is 20.2 Å². The van der Waals surface area contributed by atoms with Crippen LogP contribution in [0.1, 0.15) is 43.8 Å². The maximum Gasteiger partial charge on any atom is 0.446 e. The Morgan fingerprint density at radius 2 is 1.86 bits per heavy atom. The normalized spacial score (nSPS) is 29.8. The van der Waals surface area contributed by atoms with Crippen molar-refractivity contribution in [2.45, 2.75) is 48.6 Å². The summed E-state index contributed by atoms with van der Waals surface area (Å²) in [6.45, 7) is 0. The summed E-state index contributed by atoms with van der Waals surface area (Å²) in [7, 11) is 0. The highest BCUT2D eigenvalue weighted by Crippen LogP contribution is 2.51. The smallest absolute Gasteiger partial charge is 0.388 e. The van der Waals surface area contributed by atoms with Gasteiger partial charge >= 0.3 is 5.51 Å². The fraction of sp³-hybridized carbons (Fsp3) is 0.625. The minimum atomic E-state index is -4.26. The Morgan fingerprint density at radius 1 is 1.14 bits per heavy atom. The van der Waals surface area contributed by atoms with Crippen LogP contribution in [0.15, 0.2) is 29.2 Å². The first kappa shape index (κ1) is 15.2. The molecule has 1 aromatic carbocycles. The molecule has 0 aliphatic heterocycles. The van der Waals surface area contributed by atoms with Crippen LogP contribution in [0.5, 0.6) is 0 Å². The maximum atomic E-state index is 12.3. The van der Waals surface area contributed by atoms with Crippen molar-refractivity contribution in [2.24, 2.45) is 17.8 Å². The van der Waals surface area contributed by atoms with E-state index in [0.717, 1.165) is 23.8 Å². The van der Waals surface area contributed by atoms with Crippen LogP contribution >= 0.6 is 11.8 Å². The van der Waals surface area contributed by atoms with Gasteiger partial charge in [-0.15, -0.1) is 0 Å². The highest BCUT2D eigenvalue weighted by Gasteiger charge is 2.40. The maximum absolute atomic E-state index is 12.3. The van der Waals surface area contributed by atoms with Crippen molar-refractivity contribution in [2.75, 3.05) is 0 Å². The van der Waals surface area contributed by atoms with Crippen LogP contribution in [0, 0.1) is 17.8 Å². The van der Waals surface area contributed by atoms with Crippen LogP contribution in [0.25, 0.3) is 0 Å². The first-order chi connectivity index (χ1) is 9.90. The minimum absolute atomic E-state index is 0.118.